The van der Waals surface area contributed by atoms with Crippen LogP contribution in [0.4, 0.5) is 8.78 Å². The Balaban J connectivity index is 2.17. The van der Waals surface area contributed by atoms with Crippen LogP contribution in [0.15, 0.2) is 47.6 Å². The van der Waals surface area contributed by atoms with Gasteiger partial charge in [-0.25, -0.2) is 5.43 Å². The van der Waals surface area contributed by atoms with E-state index < -0.39 is 12.5 Å². The molecule has 0 fully saturated rings. The number of alkyl halides is 2. The van der Waals surface area contributed by atoms with Crippen molar-refractivity contribution in [2.75, 3.05) is 7.11 Å². The lowest BCUT2D eigenvalue weighted by atomic mass is 10.1. The van der Waals surface area contributed by atoms with Crippen LogP contribution in [0.2, 0.25) is 0 Å². The zero-order valence-electron chi connectivity index (χ0n) is 13.1. The van der Waals surface area contributed by atoms with Crippen molar-refractivity contribution in [3.63, 3.8) is 0 Å². The second kappa shape index (κ2) is 8.05. The van der Waals surface area contributed by atoms with Gasteiger partial charge in [0.15, 0.2) is 11.5 Å². The number of amides is 1. The number of benzene rings is 2. The third-order valence-corrected chi connectivity index (χ3v) is 3.20. The highest BCUT2D eigenvalue weighted by atomic mass is 19.3. The Bertz CT molecular complexity index is 748. The Morgan fingerprint density at radius 1 is 1.21 bits per heavy atom. The number of halogens is 2. The molecule has 7 heteroatoms. The second-order valence-corrected chi connectivity index (χ2v) is 4.77. The summed E-state index contributed by atoms with van der Waals surface area (Å²) in [6.07, 6.45) is 1.22. The topological polar surface area (TPSA) is 59.9 Å². The Morgan fingerprint density at radius 3 is 2.62 bits per heavy atom. The predicted molar refractivity (Wildman–Crippen MR) is 85.9 cm³/mol. The van der Waals surface area contributed by atoms with Gasteiger partial charge in [0.1, 0.15) is 0 Å². The third kappa shape index (κ3) is 4.28. The minimum Gasteiger partial charge on any atom is -0.493 e. The van der Waals surface area contributed by atoms with Crippen LogP contribution in [0.5, 0.6) is 11.5 Å². The summed E-state index contributed by atoms with van der Waals surface area (Å²) in [6.45, 7) is -1.20. The SMILES string of the molecule is COc1cccc(/C=N\NC(=O)c2ccccc2C)c1OC(F)F. The number of rotatable bonds is 6. The highest BCUT2D eigenvalue weighted by Gasteiger charge is 2.14. The Hall–Kier alpha value is -2.96. The molecule has 0 radical (unpaired) electrons. The van der Waals surface area contributed by atoms with Gasteiger partial charge in [0.25, 0.3) is 5.91 Å². The zero-order valence-corrected chi connectivity index (χ0v) is 13.1. The summed E-state index contributed by atoms with van der Waals surface area (Å²) in [4.78, 5) is 12.0. The van der Waals surface area contributed by atoms with E-state index in [0.29, 0.717) is 5.56 Å². The summed E-state index contributed by atoms with van der Waals surface area (Å²) in [7, 11) is 1.34. The minimum absolute atomic E-state index is 0.143. The lowest BCUT2D eigenvalue weighted by Gasteiger charge is -2.12. The first-order chi connectivity index (χ1) is 11.5. The van der Waals surface area contributed by atoms with E-state index in [-0.39, 0.29) is 17.1 Å². The van der Waals surface area contributed by atoms with Crippen LogP contribution in [0, 0.1) is 6.92 Å². The van der Waals surface area contributed by atoms with Gasteiger partial charge in [0, 0.05) is 11.1 Å². The maximum absolute atomic E-state index is 12.5. The van der Waals surface area contributed by atoms with E-state index in [1.54, 1.807) is 31.2 Å². The number of carbonyl (C=O) groups excluding carboxylic acids is 1. The molecule has 0 unspecified atom stereocenters. The highest BCUT2D eigenvalue weighted by molar-refractivity contribution is 5.96. The van der Waals surface area contributed by atoms with E-state index in [9.17, 15) is 13.6 Å². The van der Waals surface area contributed by atoms with Gasteiger partial charge in [-0.2, -0.15) is 13.9 Å². The zero-order chi connectivity index (χ0) is 17.5. The molecule has 0 aliphatic carbocycles. The quantitative estimate of drug-likeness (QED) is 0.651. The Morgan fingerprint density at radius 2 is 1.96 bits per heavy atom. The molecule has 126 valence electrons. The van der Waals surface area contributed by atoms with Crippen LogP contribution >= 0.6 is 0 Å². The minimum atomic E-state index is -3.00. The lowest BCUT2D eigenvalue weighted by Crippen LogP contribution is -2.18. The van der Waals surface area contributed by atoms with E-state index in [0.717, 1.165) is 5.56 Å². The van der Waals surface area contributed by atoms with Gasteiger partial charge in [0.2, 0.25) is 0 Å². The van der Waals surface area contributed by atoms with Crippen LogP contribution in [-0.2, 0) is 0 Å². The largest absolute Gasteiger partial charge is 0.493 e. The molecule has 0 aliphatic rings. The van der Waals surface area contributed by atoms with Crippen LogP contribution in [0.25, 0.3) is 0 Å². The number of nitrogens with zero attached hydrogens (tertiary/aromatic N) is 1. The number of carbonyl (C=O) groups is 1. The van der Waals surface area contributed by atoms with Gasteiger partial charge < -0.3 is 9.47 Å². The number of hydrogen-bond donors (Lipinski definition) is 1. The normalized spacial score (nSPS) is 10.9. The molecule has 0 atom stereocenters. The summed E-state index contributed by atoms with van der Waals surface area (Å²) in [6, 6.07) is 11.6. The molecule has 0 aliphatic heterocycles. The van der Waals surface area contributed by atoms with Crippen molar-refractivity contribution in [3.8, 4) is 11.5 Å². The molecular weight excluding hydrogens is 318 g/mol. The maximum Gasteiger partial charge on any atom is 0.387 e. The van der Waals surface area contributed by atoms with E-state index in [4.69, 9.17) is 4.74 Å². The van der Waals surface area contributed by atoms with Crippen molar-refractivity contribution in [3.05, 3.63) is 59.2 Å². The molecule has 2 rings (SSSR count). The van der Waals surface area contributed by atoms with Gasteiger partial charge in [-0.3, -0.25) is 4.79 Å². The molecule has 1 N–H and O–H groups in total. The summed E-state index contributed by atoms with van der Waals surface area (Å²) in [5.74, 6) is -0.406. The molecule has 0 bridgehead atoms. The second-order valence-electron chi connectivity index (χ2n) is 4.77. The molecule has 2 aromatic carbocycles. The monoisotopic (exact) mass is 334 g/mol. The Kier molecular flexibility index (Phi) is 5.83. The van der Waals surface area contributed by atoms with Crippen LogP contribution in [-0.4, -0.2) is 25.8 Å². The van der Waals surface area contributed by atoms with Crippen molar-refractivity contribution in [1.29, 1.82) is 0 Å². The van der Waals surface area contributed by atoms with E-state index >= 15 is 0 Å². The molecule has 1 amide bonds. The first-order valence-electron chi connectivity index (χ1n) is 7.03. The standard InChI is InChI=1S/C17H16F2N2O3/c1-11-6-3-4-8-13(11)16(22)21-20-10-12-7-5-9-14(23-2)15(12)24-17(18)19/h3-10,17H,1-2H3,(H,21,22)/b20-10-. The predicted octanol–water partition coefficient (Wildman–Crippen LogP) is 3.37. The van der Waals surface area contributed by atoms with Gasteiger partial charge >= 0.3 is 6.61 Å². The fraction of sp³-hybridized carbons (Fsp3) is 0.176. The molecule has 5 nitrogen and oxygen atoms in total. The molecular formula is C17H16F2N2O3. The number of ether oxygens (including phenoxy) is 2. The lowest BCUT2D eigenvalue weighted by molar-refractivity contribution is -0.0513. The smallest absolute Gasteiger partial charge is 0.387 e. The van der Waals surface area contributed by atoms with E-state index in [2.05, 4.69) is 15.3 Å². The molecule has 0 saturated heterocycles. The molecule has 0 aromatic heterocycles. The first kappa shape index (κ1) is 17.4. The summed E-state index contributed by atoms with van der Waals surface area (Å²) in [5, 5.41) is 3.80. The van der Waals surface area contributed by atoms with Crippen molar-refractivity contribution < 1.29 is 23.0 Å². The number of aryl methyl sites for hydroxylation is 1. The van der Waals surface area contributed by atoms with Crippen molar-refractivity contribution in [2.24, 2.45) is 5.10 Å². The maximum atomic E-state index is 12.5. The van der Waals surface area contributed by atoms with Crippen LogP contribution < -0.4 is 14.9 Å². The molecule has 24 heavy (non-hydrogen) atoms. The summed E-state index contributed by atoms with van der Waals surface area (Å²) >= 11 is 0. The number of nitrogens with one attached hydrogen (secondary N) is 1. The third-order valence-electron chi connectivity index (χ3n) is 3.20. The van der Waals surface area contributed by atoms with Crippen molar-refractivity contribution >= 4 is 12.1 Å². The number of para-hydroxylation sites is 1. The Labute approximate surface area is 137 Å². The molecule has 2 aromatic rings. The number of methoxy groups -OCH3 is 1. The van der Waals surface area contributed by atoms with Gasteiger partial charge in [-0.15, -0.1) is 0 Å². The summed E-state index contributed by atoms with van der Waals surface area (Å²) < 4.78 is 34.5. The molecule has 0 saturated carbocycles. The van der Waals surface area contributed by atoms with E-state index in [1.165, 1.54) is 25.5 Å². The van der Waals surface area contributed by atoms with Gasteiger partial charge in [0.05, 0.1) is 13.3 Å². The average Bonchev–Trinajstić information content (AvgIpc) is 2.56. The van der Waals surface area contributed by atoms with Gasteiger partial charge in [-0.1, -0.05) is 24.3 Å². The first-order valence-corrected chi connectivity index (χ1v) is 7.03. The van der Waals surface area contributed by atoms with Crippen molar-refractivity contribution in [1.82, 2.24) is 5.43 Å². The molecule has 0 spiro atoms. The number of hydrogen-bond acceptors (Lipinski definition) is 4. The van der Waals surface area contributed by atoms with Crippen LogP contribution in [0.1, 0.15) is 21.5 Å². The van der Waals surface area contributed by atoms with Gasteiger partial charge in [-0.05, 0) is 30.7 Å². The summed E-state index contributed by atoms with van der Waals surface area (Å²) in [5.41, 5.74) is 3.88. The van der Waals surface area contributed by atoms with E-state index in [1.807, 2.05) is 6.07 Å². The highest BCUT2D eigenvalue weighted by Crippen LogP contribution is 2.31. The number of hydrazone groups is 1. The average molecular weight is 334 g/mol. The fourth-order valence-corrected chi connectivity index (χ4v) is 2.06. The fourth-order valence-electron chi connectivity index (χ4n) is 2.06. The van der Waals surface area contributed by atoms with Crippen LogP contribution in [0.3, 0.4) is 0 Å². The molecule has 0 heterocycles. The van der Waals surface area contributed by atoms with Crippen molar-refractivity contribution in [2.45, 2.75) is 13.5 Å².